The van der Waals surface area contributed by atoms with Gasteiger partial charge in [-0.15, -0.1) is 0 Å². The summed E-state index contributed by atoms with van der Waals surface area (Å²) in [5, 5.41) is 3.20. The fourth-order valence-corrected chi connectivity index (χ4v) is 3.29. The molecule has 0 radical (unpaired) electrons. The first-order valence-corrected chi connectivity index (χ1v) is 12.5. The molecule has 0 aliphatic carbocycles. The Morgan fingerprint density at radius 1 is 0.737 bits per heavy atom. The van der Waals surface area contributed by atoms with Gasteiger partial charge in [0.1, 0.15) is 16.8 Å². The molecule has 1 heterocycles. The molecule has 0 aromatic heterocycles. The molecule has 1 aliphatic heterocycles. The van der Waals surface area contributed by atoms with Crippen molar-refractivity contribution in [3.05, 3.63) is 35.4 Å². The molecule has 0 spiro atoms. The van der Waals surface area contributed by atoms with Gasteiger partial charge in [-0.25, -0.2) is 14.4 Å². The third-order valence-electron chi connectivity index (χ3n) is 4.75. The smallest absolute Gasteiger partial charge is 0.436 e. The van der Waals surface area contributed by atoms with Crippen molar-refractivity contribution in [3.63, 3.8) is 0 Å². The van der Waals surface area contributed by atoms with Crippen LogP contribution in [0, 0.1) is 0 Å². The fraction of sp³-hybridized carbons (Fsp3) is 0.593. The third-order valence-corrected chi connectivity index (χ3v) is 4.75. The zero-order valence-electron chi connectivity index (χ0n) is 23.8. The summed E-state index contributed by atoms with van der Waals surface area (Å²) < 4.78 is 16.2. The highest BCUT2D eigenvalue weighted by molar-refractivity contribution is 6.18. The highest BCUT2D eigenvalue weighted by atomic mass is 16.6. The van der Waals surface area contributed by atoms with Crippen LogP contribution in [0.4, 0.5) is 14.4 Å². The number of rotatable bonds is 2. The van der Waals surface area contributed by atoms with Gasteiger partial charge in [0.25, 0.3) is 5.91 Å². The van der Waals surface area contributed by atoms with Gasteiger partial charge in [-0.1, -0.05) is 12.1 Å². The highest BCUT2D eigenvalue weighted by Crippen LogP contribution is 2.20. The average molecular weight is 533 g/mol. The molecule has 1 aromatic carbocycles. The number of nitrogens with one attached hydrogen (secondary N) is 1. The normalized spacial score (nSPS) is 15.0. The van der Waals surface area contributed by atoms with Crippen LogP contribution in [-0.4, -0.2) is 82.8 Å². The second-order valence-corrected chi connectivity index (χ2v) is 11.8. The number of imide groups is 1. The van der Waals surface area contributed by atoms with E-state index in [0.29, 0.717) is 36.6 Å². The second kappa shape index (κ2) is 11.9. The van der Waals surface area contributed by atoms with E-state index in [4.69, 9.17) is 14.2 Å². The maximum Gasteiger partial charge on any atom is 0.436 e. The zero-order valence-corrected chi connectivity index (χ0v) is 23.8. The summed E-state index contributed by atoms with van der Waals surface area (Å²) in [6, 6.07) is 6.10. The fourth-order valence-electron chi connectivity index (χ4n) is 3.29. The number of piperazine rings is 1. The van der Waals surface area contributed by atoms with Gasteiger partial charge >= 0.3 is 18.3 Å². The van der Waals surface area contributed by atoms with Gasteiger partial charge in [0, 0.05) is 37.3 Å². The Bertz CT molecular complexity index is 1030. The molecule has 1 fully saturated rings. The predicted octanol–water partition coefficient (Wildman–Crippen LogP) is 4.59. The number of aliphatic imine (C=N–C) groups is 1. The summed E-state index contributed by atoms with van der Waals surface area (Å²) in [5.41, 5.74) is -2.20. The van der Waals surface area contributed by atoms with E-state index in [1.165, 1.54) is 12.1 Å². The monoisotopic (exact) mass is 532 g/mol. The lowest BCUT2D eigenvalue weighted by Gasteiger charge is -2.29. The van der Waals surface area contributed by atoms with Crippen LogP contribution in [-0.2, 0) is 14.2 Å². The average Bonchev–Trinajstić information content (AvgIpc) is 2.75. The number of hydrogen-bond donors (Lipinski definition) is 1. The van der Waals surface area contributed by atoms with E-state index >= 15 is 0 Å². The lowest BCUT2D eigenvalue weighted by atomic mass is 10.1. The Balaban J connectivity index is 2.57. The topological polar surface area (TPSA) is 127 Å². The summed E-state index contributed by atoms with van der Waals surface area (Å²) in [4.78, 5) is 58.4. The summed E-state index contributed by atoms with van der Waals surface area (Å²) >= 11 is 0. The lowest BCUT2D eigenvalue weighted by molar-refractivity contribution is 0.0148. The second-order valence-electron chi connectivity index (χ2n) is 11.8. The van der Waals surface area contributed by atoms with Crippen LogP contribution in [0.3, 0.4) is 0 Å². The lowest BCUT2D eigenvalue weighted by Crippen LogP contribution is -2.47. The first-order chi connectivity index (χ1) is 17.4. The number of amides is 4. The van der Waals surface area contributed by atoms with Gasteiger partial charge < -0.3 is 24.4 Å². The van der Waals surface area contributed by atoms with Crippen LogP contribution >= 0.6 is 0 Å². The Hall–Kier alpha value is -3.47. The molecule has 0 bridgehead atoms. The third kappa shape index (κ3) is 9.77. The molecule has 1 aliphatic rings. The van der Waals surface area contributed by atoms with E-state index in [-0.39, 0.29) is 17.3 Å². The van der Waals surface area contributed by atoms with E-state index in [2.05, 4.69) is 10.3 Å². The van der Waals surface area contributed by atoms with Gasteiger partial charge in [-0.05, 0) is 74.4 Å². The van der Waals surface area contributed by atoms with Crippen LogP contribution in [0.2, 0.25) is 0 Å². The first kappa shape index (κ1) is 30.8. The largest absolute Gasteiger partial charge is 0.443 e. The minimum Gasteiger partial charge on any atom is -0.443 e. The van der Waals surface area contributed by atoms with E-state index in [1.807, 2.05) is 0 Å². The summed E-state index contributed by atoms with van der Waals surface area (Å²) in [6.45, 7) is 17.4. The molecule has 1 N–H and O–H groups in total. The Labute approximate surface area is 224 Å². The van der Waals surface area contributed by atoms with Crippen molar-refractivity contribution in [1.29, 1.82) is 0 Å². The van der Waals surface area contributed by atoms with E-state index in [1.54, 1.807) is 79.3 Å². The molecule has 0 atom stereocenters. The highest BCUT2D eigenvalue weighted by Gasteiger charge is 2.36. The number of benzene rings is 1. The maximum absolute atomic E-state index is 13.3. The molecule has 210 valence electrons. The van der Waals surface area contributed by atoms with Crippen molar-refractivity contribution in [3.8, 4) is 0 Å². The van der Waals surface area contributed by atoms with Crippen molar-refractivity contribution in [2.45, 2.75) is 79.1 Å². The molecule has 0 saturated carbocycles. The van der Waals surface area contributed by atoms with E-state index in [0.717, 1.165) is 0 Å². The molecule has 1 aromatic rings. The number of hydrogen-bond acceptors (Lipinski definition) is 8. The van der Waals surface area contributed by atoms with Crippen molar-refractivity contribution in [2.24, 2.45) is 4.99 Å². The summed E-state index contributed by atoms with van der Waals surface area (Å²) in [6.07, 6.45) is -3.20. The van der Waals surface area contributed by atoms with Crippen LogP contribution in [0.25, 0.3) is 0 Å². The number of ether oxygens (including phenoxy) is 3. The molecule has 0 unspecified atom stereocenters. The van der Waals surface area contributed by atoms with E-state index in [9.17, 15) is 19.2 Å². The quantitative estimate of drug-likeness (QED) is 0.333. The van der Waals surface area contributed by atoms with E-state index < -0.39 is 35.1 Å². The van der Waals surface area contributed by atoms with Crippen LogP contribution in [0.5, 0.6) is 0 Å². The van der Waals surface area contributed by atoms with Crippen LogP contribution in [0.1, 0.15) is 78.2 Å². The number of carbonyl (C=O) groups excluding carboxylic acids is 4. The molecule has 38 heavy (non-hydrogen) atoms. The predicted molar refractivity (Wildman–Crippen MR) is 142 cm³/mol. The van der Waals surface area contributed by atoms with Gasteiger partial charge in [-0.3, -0.25) is 4.79 Å². The standard InChI is InChI=1S/C27H40N4O7/c1-25(2,3)36-22(33)29-20(31(23(34)37-26(4,5)6)24(35)38-27(7,8)9)18-10-12-19(13-11-18)21(32)30-16-14-28-15-17-30/h10-13,28H,14-17H2,1-9H3. The molecule has 4 amide bonds. The summed E-state index contributed by atoms with van der Waals surface area (Å²) in [5.74, 6) is -0.510. The minimum absolute atomic E-state index is 0.153. The molecule has 11 heteroatoms. The Morgan fingerprint density at radius 3 is 1.58 bits per heavy atom. The first-order valence-electron chi connectivity index (χ1n) is 12.5. The minimum atomic E-state index is -1.09. The molecule has 2 rings (SSSR count). The van der Waals surface area contributed by atoms with Gasteiger partial charge in [0.15, 0.2) is 5.84 Å². The van der Waals surface area contributed by atoms with Crippen molar-refractivity contribution < 1.29 is 33.4 Å². The number of carbonyl (C=O) groups is 4. The number of nitrogens with zero attached hydrogens (tertiary/aromatic N) is 3. The Morgan fingerprint density at radius 2 is 1.16 bits per heavy atom. The Kier molecular flexibility index (Phi) is 9.66. The molecule has 11 nitrogen and oxygen atoms in total. The van der Waals surface area contributed by atoms with Gasteiger partial charge in [0.2, 0.25) is 0 Å². The molecular weight excluding hydrogens is 492 g/mol. The van der Waals surface area contributed by atoms with Gasteiger partial charge in [-0.2, -0.15) is 9.89 Å². The SMILES string of the molecule is CC(C)(C)OC(=O)N=C(c1ccc(C(=O)N2CCNCC2)cc1)N(C(=O)OC(C)(C)C)C(=O)OC(C)(C)C. The maximum atomic E-state index is 13.3. The van der Waals surface area contributed by atoms with Crippen LogP contribution in [0.15, 0.2) is 29.3 Å². The van der Waals surface area contributed by atoms with Gasteiger partial charge in [0.05, 0.1) is 0 Å². The molecule has 1 saturated heterocycles. The molecular formula is C27H40N4O7. The zero-order chi connectivity index (χ0) is 28.9. The summed E-state index contributed by atoms with van der Waals surface area (Å²) in [7, 11) is 0. The van der Waals surface area contributed by atoms with Crippen molar-refractivity contribution in [2.75, 3.05) is 26.2 Å². The van der Waals surface area contributed by atoms with Crippen LogP contribution < -0.4 is 5.32 Å². The number of amidine groups is 1. The van der Waals surface area contributed by atoms with Crippen molar-refractivity contribution >= 4 is 30.0 Å². The van der Waals surface area contributed by atoms with Crippen molar-refractivity contribution in [1.82, 2.24) is 15.1 Å².